The molecule has 3 rings (SSSR count). The van der Waals surface area contributed by atoms with Crippen molar-refractivity contribution in [2.45, 2.75) is 18.9 Å². The molecular formula is C20H22N2O2S2. The molecule has 3 aromatic rings. The Hall–Kier alpha value is -2.15. The van der Waals surface area contributed by atoms with E-state index in [1.165, 1.54) is 10.4 Å². The average Bonchev–Trinajstić information content (AvgIpc) is 3.35. The van der Waals surface area contributed by atoms with Gasteiger partial charge in [-0.1, -0.05) is 36.4 Å². The summed E-state index contributed by atoms with van der Waals surface area (Å²) in [5.41, 5.74) is 1.27. The van der Waals surface area contributed by atoms with Crippen molar-refractivity contribution in [1.29, 1.82) is 0 Å². The standard InChI is InChI=1S/C20H22N2O2S2/c23-16(17-10-11-19(26-17)18-9-5-13-25-18)14-22-20(24)21-12-4-8-15-6-2-1-3-7-15/h1-3,5-7,9-11,13,16,23H,4,8,12,14H2,(H2,21,22,24)/t16-/m0/s1. The highest BCUT2D eigenvalue weighted by atomic mass is 32.1. The molecule has 0 unspecified atom stereocenters. The van der Waals surface area contributed by atoms with Gasteiger partial charge in [0.2, 0.25) is 0 Å². The van der Waals surface area contributed by atoms with Crippen LogP contribution in [-0.2, 0) is 6.42 Å². The van der Waals surface area contributed by atoms with Crippen LogP contribution in [0.4, 0.5) is 4.79 Å². The highest BCUT2D eigenvalue weighted by Gasteiger charge is 2.13. The van der Waals surface area contributed by atoms with Gasteiger partial charge >= 0.3 is 6.03 Å². The molecule has 1 aromatic carbocycles. The molecule has 2 amide bonds. The predicted molar refractivity (Wildman–Crippen MR) is 109 cm³/mol. The van der Waals surface area contributed by atoms with Gasteiger partial charge in [-0.05, 0) is 42.0 Å². The van der Waals surface area contributed by atoms with Gasteiger partial charge in [0.15, 0.2) is 0 Å². The number of aliphatic hydroxyl groups is 1. The van der Waals surface area contributed by atoms with E-state index in [0.717, 1.165) is 22.6 Å². The first-order chi connectivity index (χ1) is 12.7. The molecule has 0 fully saturated rings. The first kappa shape index (κ1) is 18.6. The van der Waals surface area contributed by atoms with E-state index < -0.39 is 6.10 Å². The second-order valence-corrected chi connectivity index (χ2v) is 7.98. The van der Waals surface area contributed by atoms with Gasteiger partial charge in [-0.25, -0.2) is 4.79 Å². The van der Waals surface area contributed by atoms with Gasteiger partial charge in [0.05, 0.1) is 6.54 Å². The Bertz CT molecular complexity index is 800. The lowest BCUT2D eigenvalue weighted by atomic mass is 10.1. The summed E-state index contributed by atoms with van der Waals surface area (Å²) in [6.45, 7) is 0.813. The highest BCUT2D eigenvalue weighted by Crippen LogP contribution is 2.33. The Morgan fingerprint density at radius 1 is 1.00 bits per heavy atom. The summed E-state index contributed by atoms with van der Waals surface area (Å²) in [5.74, 6) is 0. The normalized spacial score (nSPS) is 11.9. The van der Waals surface area contributed by atoms with Gasteiger partial charge in [0.25, 0.3) is 0 Å². The molecule has 2 heterocycles. The number of benzene rings is 1. The molecule has 136 valence electrons. The Balaban J connectivity index is 1.36. The Morgan fingerprint density at radius 2 is 1.85 bits per heavy atom. The van der Waals surface area contributed by atoms with E-state index in [4.69, 9.17) is 0 Å². The monoisotopic (exact) mass is 386 g/mol. The summed E-state index contributed by atoms with van der Waals surface area (Å²) in [6.07, 6.45) is 1.13. The maximum Gasteiger partial charge on any atom is 0.314 e. The molecule has 0 bridgehead atoms. The topological polar surface area (TPSA) is 61.4 Å². The molecule has 0 aliphatic rings. The zero-order valence-electron chi connectivity index (χ0n) is 14.4. The van der Waals surface area contributed by atoms with E-state index in [2.05, 4.69) is 28.8 Å². The molecule has 0 radical (unpaired) electrons. The molecule has 0 saturated heterocycles. The van der Waals surface area contributed by atoms with Gasteiger partial charge in [0, 0.05) is 21.2 Å². The second-order valence-electron chi connectivity index (χ2n) is 5.92. The fourth-order valence-electron chi connectivity index (χ4n) is 2.57. The van der Waals surface area contributed by atoms with E-state index >= 15 is 0 Å². The molecule has 2 aromatic heterocycles. The molecule has 0 aliphatic heterocycles. The van der Waals surface area contributed by atoms with Crippen molar-refractivity contribution < 1.29 is 9.90 Å². The van der Waals surface area contributed by atoms with Crippen molar-refractivity contribution >= 4 is 28.7 Å². The number of aryl methyl sites for hydroxylation is 1. The van der Waals surface area contributed by atoms with Crippen LogP contribution in [0.25, 0.3) is 9.75 Å². The van der Waals surface area contributed by atoms with Crippen LogP contribution < -0.4 is 10.6 Å². The van der Waals surface area contributed by atoms with Crippen LogP contribution in [0.3, 0.4) is 0 Å². The number of carbonyl (C=O) groups excluding carboxylic acids is 1. The summed E-state index contributed by atoms with van der Waals surface area (Å²) in [7, 11) is 0. The number of hydrogen-bond acceptors (Lipinski definition) is 4. The summed E-state index contributed by atoms with van der Waals surface area (Å²) in [4.78, 5) is 15.0. The molecule has 1 atom stereocenters. The zero-order valence-corrected chi connectivity index (χ0v) is 16.0. The number of aliphatic hydroxyl groups excluding tert-OH is 1. The SMILES string of the molecule is O=C(NCCCc1ccccc1)NC[C@H](O)c1ccc(-c2cccs2)s1. The number of rotatable bonds is 8. The zero-order chi connectivity index (χ0) is 18.2. The molecule has 6 heteroatoms. The van der Waals surface area contributed by atoms with Gasteiger partial charge in [-0.2, -0.15) is 0 Å². The maximum absolute atomic E-state index is 11.9. The number of thiophene rings is 2. The van der Waals surface area contributed by atoms with E-state index in [0.29, 0.717) is 6.54 Å². The predicted octanol–water partition coefficient (Wildman–Crippen LogP) is 4.44. The lowest BCUT2D eigenvalue weighted by Gasteiger charge is -2.11. The molecule has 4 nitrogen and oxygen atoms in total. The van der Waals surface area contributed by atoms with E-state index in [9.17, 15) is 9.90 Å². The van der Waals surface area contributed by atoms with Crippen LogP contribution in [0.2, 0.25) is 0 Å². The number of nitrogens with one attached hydrogen (secondary N) is 2. The van der Waals surface area contributed by atoms with Crippen LogP contribution in [0.15, 0.2) is 60.0 Å². The number of carbonyl (C=O) groups is 1. The molecule has 26 heavy (non-hydrogen) atoms. The molecule has 0 spiro atoms. The van der Waals surface area contributed by atoms with E-state index in [-0.39, 0.29) is 12.6 Å². The third-order valence-corrected chi connectivity index (χ3v) is 6.20. The minimum atomic E-state index is -0.691. The average molecular weight is 387 g/mol. The highest BCUT2D eigenvalue weighted by molar-refractivity contribution is 7.21. The first-order valence-electron chi connectivity index (χ1n) is 8.59. The van der Waals surface area contributed by atoms with Crippen LogP contribution in [0, 0.1) is 0 Å². The second kappa shape index (κ2) is 9.52. The fraction of sp³-hybridized carbons (Fsp3) is 0.250. The lowest BCUT2D eigenvalue weighted by Crippen LogP contribution is -2.38. The Labute approximate surface area is 161 Å². The Kier molecular flexibility index (Phi) is 6.82. The number of urea groups is 1. The van der Waals surface area contributed by atoms with Crippen molar-refractivity contribution in [2.24, 2.45) is 0 Å². The fourth-order valence-corrected chi connectivity index (χ4v) is 4.40. The van der Waals surface area contributed by atoms with Gasteiger partial charge < -0.3 is 15.7 Å². The minimum Gasteiger partial charge on any atom is -0.386 e. The van der Waals surface area contributed by atoms with E-state index in [1.54, 1.807) is 22.7 Å². The first-order valence-corrected chi connectivity index (χ1v) is 10.3. The molecule has 0 aliphatic carbocycles. The van der Waals surface area contributed by atoms with Crippen LogP contribution in [0.5, 0.6) is 0 Å². The molecule has 0 saturated carbocycles. The lowest BCUT2D eigenvalue weighted by molar-refractivity contribution is 0.176. The minimum absolute atomic E-state index is 0.203. The maximum atomic E-state index is 11.9. The van der Waals surface area contributed by atoms with Gasteiger partial charge in [-0.15, -0.1) is 22.7 Å². The third kappa shape index (κ3) is 5.42. The van der Waals surface area contributed by atoms with Crippen LogP contribution in [0.1, 0.15) is 23.0 Å². The summed E-state index contributed by atoms with van der Waals surface area (Å²) in [5, 5.41) is 17.9. The van der Waals surface area contributed by atoms with Gasteiger partial charge in [-0.3, -0.25) is 0 Å². The number of hydrogen-bond donors (Lipinski definition) is 3. The van der Waals surface area contributed by atoms with E-state index in [1.807, 2.05) is 41.8 Å². The van der Waals surface area contributed by atoms with Gasteiger partial charge in [0.1, 0.15) is 6.10 Å². The van der Waals surface area contributed by atoms with Crippen molar-refractivity contribution in [3.8, 4) is 9.75 Å². The van der Waals surface area contributed by atoms with Crippen molar-refractivity contribution in [3.05, 3.63) is 70.4 Å². The largest absolute Gasteiger partial charge is 0.386 e. The summed E-state index contributed by atoms with van der Waals surface area (Å²) in [6, 6.07) is 18.0. The van der Waals surface area contributed by atoms with Crippen molar-refractivity contribution in [2.75, 3.05) is 13.1 Å². The molecule has 3 N–H and O–H groups in total. The van der Waals surface area contributed by atoms with Crippen molar-refractivity contribution in [1.82, 2.24) is 10.6 Å². The van der Waals surface area contributed by atoms with Crippen LogP contribution in [-0.4, -0.2) is 24.2 Å². The summed E-state index contributed by atoms with van der Waals surface area (Å²) >= 11 is 3.24. The smallest absolute Gasteiger partial charge is 0.314 e. The van der Waals surface area contributed by atoms with Crippen molar-refractivity contribution in [3.63, 3.8) is 0 Å². The third-order valence-electron chi connectivity index (χ3n) is 3.95. The van der Waals surface area contributed by atoms with Crippen LogP contribution >= 0.6 is 22.7 Å². The Morgan fingerprint density at radius 3 is 2.62 bits per heavy atom. The quantitative estimate of drug-likeness (QED) is 0.501. The number of amides is 2. The summed E-state index contributed by atoms with van der Waals surface area (Å²) < 4.78 is 0. The molecular weight excluding hydrogens is 364 g/mol.